The molecule has 0 unspecified atom stereocenters. The van der Waals surface area contributed by atoms with E-state index in [0.29, 0.717) is 17.1 Å². The molecule has 0 aliphatic heterocycles. The number of halogens is 1. The molecular weight excluding hydrogens is 453 g/mol. The van der Waals surface area contributed by atoms with Gasteiger partial charge >= 0.3 is 5.97 Å². The molecule has 2 heterocycles. The molecule has 4 aromatic rings. The number of carboxylic acids is 1. The van der Waals surface area contributed by atoms with Gasteiger partial charge in [-0.1, -0.05) is 0 Å². The summed E-state index contributed by atoms with van der Waals surface area (Å²) in [6, 6.07) is 8.20. The van der Waals surface area contributed by atoms with Crippen LogP contribution in [0.15, 0.2) is 53.2 Å². The largest absolute Gasteiger partial charge is 0.483 e. The van der Waals surface area contributed by atoms with Crippen LogP contribution in [0, 0.1) is 5.82 Å². The Morgan fingerprint density at radius 3 is 2.61 bits per heavy atom. The fourth-order valence-electron chi connectivity index (χ4n) is 3.28. The molecule has 11 heteroatoms. The van der Waals surface area contributed by atoms with Crippen LogP contribution >= 0.6 is 0 Å². The molecule has 9 nitrogen and oxygen atoms in total. The maximum Gasteiger partial charge on any atom is 0.340 e. The third kappa shape index (κ3) is 4.82. The van der Waals surface area contributed by atoms with Gasteiger partial charge < -0.3 is 24.1 Å². The smallest absolute Gasteiger partial charge is 0.340 e. The van der Waals surface area contributed by atoms with Gasteiger partial charge in [0.05, 0.1) is 5.69 Å². The summed E-state index contributed by atoms with van der Waals surface area (Å²) < 4.78 is 50.2. The quantitative estimate of drug-likeness (QED) is 0.397. The number of carboxylic acid groups (broad SMARTS) is 1. The number of fused-ring (bicyclic) bond motifs is 1. The molecule has 0 saturated carbocycles. The van der Waals surface area contributed by atoms with Crippen molar-refractivity contribution in [2.24, 2.45) is 7.05 Å². The van der Waals surface area contributed by atoms with E-state index in [-0.39, 0.29) is 40.5 Å². The lowest BCUT2D eigenvalue weighted by molar-refractivity contribution is 0.0699. The molecule has 4 rings (SSSR count). The van der Waals surface area contributed by atoms with Crippen molar-refractivity contribution in [3.63, 3.8) is 0 Å². The second-order valence-corrected chi connectivity index (χ2v) is 9.59. The summed E-state index contributed by atoms with van der Waals surface area (Å²) in [4.78, 5) is 16.3. The van der Waals surface area contributed by atoms with Crippen molar-refractivity contribution in [3.8, 4) is 17.1 Å². The molecule has 0 spiro atoms. The second kappa shape index (κ2) is 8.58. The Balaban J connectivity index is 1.83. The molecule has 2 N–H and O–H groups in total. The molecule has 0 saturated heterocycles. The highest BCUT2D eigenvalue weighted by molar-refractivity contribution is 7.90. The molecule has 2 aromatic heterocycles. The van der Waals surface area contributed by atoms with E-state index < -0.39 is 21.6 Å². The van der Waals surface area contributed by atoms with Crippen molar-refractivity contribution in [2.45, 2.75) is 6.61 Å². The lowest BCUT2D eigenvalue weighted by atomic mass is 10.0. The lowest BCUT2D eigenvalue weighted by Gasteiger charge is -2.13. The van der Waals surface area contributed by atoms with Crippen LogP contribution in [-0.4, -0.2) is 41.2 Å². The molecule has 0 aliphatic rings. The van der Waals surface area contributed by atoms with E-state index in [1.807, 2.05) is 0 Å². The maximum atomic E-state index is 13.4. The number of anilines is 1. The minimum atomic E-state index is -3.36. The minimum Gasteiger partial charge on any atom is -0.483 e. The Bertz CT molecular complexity index is 1440. The van der Waals surface area contributed by atoms with E-state index in [0.717, 1.165) is 6.26 Å². The van der Waals surface area contributed by atoms with E-state index in [9.17, 15) is 22.7 Å². The van der Waals surface area contributed by atoms with Gasteiger partial charge in [0.15, 0.2) is 9.84 Å². The average molecular weight is 473 g/mol. The van der Waals surface area contributed by atoms with Gasteiger partial charge in [-0.05, 0) is 30.3 Å². The van der Waals surface area contributed by atoms with Gasteiger partial charge in [0.25, 0.3) is 0 Å². The number of sulfone groups is 1. The zero-order valence-corrected chi connectivity index (χ0v) is 18.5. The normalized spacial score (nSPS) is 11.6. The summed E-state index contributed by atoms with van der Waals surface area (Å²) in [6.07, 6.45) is 4.44. The van der Waals surface area contributed by atoms with Crippen LogP contribution in [0.3, 0.4) is 0 Å². The van der Waals surface area contributed by atoms with Crippen molar-refractivity contribution in [2.75, 3.05) is 17.4 Å². The number of aromatic carboxylic acids is 1. The van der Waals surface area contributed by atoms with Crippen LogP contribution in [-0.2, 0) is 23.5 Å². The molecule has 0 radical (unpaired) electrons. The van der Waals surface area contributed by atoms with Crippen LogP contribution in [0.5, 0.6) is 5.75 Å². The Morgan fingerprint density at radius 1 is 1.27 bits per heavy atom. The number of rotatable bonds is 8. The Morgan fingerprint density at radius 2 is 2.00 bits per heavy atom. The second-order valence-electron chi connectivity index (χ2n) is 7.45. The monoisotopic (exact) mass is 473 g/mol. The zero-order chi connectivity index (χ0) is 23.8. The standard InChI is InChI=1S/C22H20FN3O6S/c1-26-8-7-24-19(26)11-31-18-9-15-17(10-16(18)25-12-33(2,29)30)32-21(20(15)22(27)28)13-3-5-14(23)6-4-13/h3-10,25H,11-12H2,1-2H3,(H,27,28). The summed E-state index contributed by atoms with van der Waals surface area (Å²) in [5, 5.41) is 12.9. The molecule has 0 fully saturated rings. The van der Waals surface area contributed by atoms with E-state index >= 15 is 0 Å². The van der Waals surface area contributed by atoms with Crippen molar-refractivity contribution in [3.05, 3.63) is 66.0 Å². The predicted molar refractivity (Wildman–Crippen MR) is 119 cm³/mol. The van der Waals surface area contributed by atoms with Gasteiger partial charge in [0.1, 0.15) is 46.8 Å². The summed E-state index contributed by atoms with van der Waals surface area (Å²) in [5.41, 5.74) is 0.768. The van der Waals surface area contributed by atoms with Crippen molar-refractivity contribution in [1.29, 1.82) is 0 Å². The Labute approximate surface area is 188 Å². The van der Waals surface area contributed by atoms with Gasteiger partial charge in [-0.15, -0.1) is 0 Å². The number of nitrogens with zero attached hydrogens (tertiary/aromatic N) is 2. The summed E-state index contributed by atoms with van der Waals surface area (Å²) >= 11 is 0. The Kier molecular flexibility index (Phi) is 5.81. The molecule has 172 valence electrons. The average Bonchev–Trinajstić information content (AvgIpc) is 3.33. The first-order valence-corrected chi connectivity index (χ1v) is 11.8. The maximum absolute atomic E-state index is 13.4. The van der Waals surface area contributed by atoms with Crippen molar-refractivity contribution < 1.29 is 31.9 Å². The van der Waals surface area contributed by atoms with Gasteiger partial charge in [-0.3, -0.25) is 0 Å². The number of nitrogens with one attached hydrogen (secondary N) is 1. The van der Waals surface area contributed by atoms with Crippen LogP contribution in [0.25, 0.3) is 22.3 Å². The molecule has 0 bridgehead atoms. The molecule has 33 heavy (non-hydrogen) atoms. The number of carbonyl (C=O) groups is 1. The first kappa shape index (κ1) is 22.3. The van der Waals surface area contributed by atoms with Crippen molar-refractivity contribution in [1.82, 2.24) is 9.55 Å². The van der Waals surface area contributed by atoms with E-state index in [1.165, 1.54) is 36.4 Å². The third-order valence-corrected chi connectivity index (χ3v) is 5.58. The predicted octanol–water partition coefficient (Wildman–Crippen LogP) is 3.66. The summed E-state index contributed by atoms with van der Waals surface area (Å²) in [6.45, 7) is 0.0631. The summed E-state index contributed by atoms with van der Waals surface area (Å²) in [7, 11) is -1.57. The molecule has 2 aromatic carbocycles. The van der Waals surface area contributed by atoms with E-state index in [1.54, 1.807) is 24.0 Å². The molecule has 0 amide bonds. The zero-order valence-electron chi connectivity index (χ0n) is 17.7. The summed E-state index contributed by atoms with van der Waals surface area (Å²) in [5.74, 6) is -1.18. The van der Waals surface area contributed by atoms with Crippen LogP contribution < -0.4 is 10.1 Å². The topological polar surface area (TPSA) is 124 Å². The van der Waals surface area contributed by atoms with Gasteiger partial charge in [0, 0.05) is 42.7 Å². The highest BCUT2D eigenvalue weighted by Crippen LogP contribution is 2.39. The number of hydrogen-bond acceptors (Lipinski definition) is 7. The van der Waals surface area contributed by atoms with Crippen LogP contribution in [0.1, 0.15) is 16.2 Å². The SMILES string of the molecule is Cn1ccnc1COc1cc2c(C(=O)O)c(-c3ccc(F)cc3)oc2cc1NCS(C)(=O)=O. The van der Waals surface area contributed by atoms with Crippen LogP contribution in [0.2, 0.25) is 0 Å². The van der Waals surface area contributed by atoms with E-state index in [2.05, 4.69) is 10.3 Å². The number of ether oxygens (including phenoxy) is 1. The Hall–Kier alpha value is -3.86. The number of benzene rings is 2. The number of imidazole rings is 1. The number of aromatic nitrogens is 2. The third-order valence-electron chi connectivity index (χ3n) is 4.91. The first-order valence-electron chi connectivity index (χ1n) is 9.73. The first-order chi connectivity index (χ1) is 15.6. The highest BCUT2D eigenvalue weighted by Gasteiger charge is 2.24. The lowest BCUT2D eigenvalue weighted by Crippen LogP contribution is -2.13. The van der Waals surface area contributed by atoms with Crippen LogP contribution in [0.4, 0.5) is 10.1 Å². The number of furan rings is 1. The molecule has 0 aliphatic carbocycles. The highest BCUT2D eigenvalue weighted by atomic mass is 32.2. The van der Waals surface area contributed by atoms with Gasteiger partial charge in [0.2, 0.25) is 0 Å². The van der Waals surface area contributed by atoms with Gasteiger partial charge in [-0.25, -0.2) is 22.6 Å². The fraction of sp³-hybridized carbons (Fsp3) is 0.182. The van der Waals surface area contributed by atoms with E-state index in [4.69, 9.17) is 9.15 Å². The van der Waals surface area contributed by atoms with Gasteiger partial charge in [-0.2, -0.15) is 0 Å². The molecular formula is C22H20FN3O6S. The fourth-order valence-corrected chi connectivity index (χ4v) is 3.70. The molecule has 0 atom stereocenters. The number of aryl methyl sites for hydroxylation is 1. The minimum absolute atomic E-state index is 0.0489. The number of hydrogen-bond donors (Lipinski definition) is 2. The van der Waals surface area contributed by atoms with Crippen molar-refractivity contribution >= 4 is 32.5 Å².